The molecule has 2 unspecified atom stereocenters. The Morgan fingerprint density at radius 3 is 3.13 bits per heavy atom. The highest BCUT2D eigenvalue weighted by atomic mass is 32.2. The van der Waals surface area contributed by atoms with Crippen LogP contribution in [0.2, 0.25) is 0 Å². The second kappa shape index (κ2) is 5.18. The lowest BCUT2D eigenvalue weighted by atomic mass is 10.2. The summed E-state index contributed by atoms with van der Waals surface area (Å²) >= 11 is 1.78. The summed E-state index contributed by atoms with van der Waals surface area (Å²) in [5, 5.41) is 3.19. The predicted molar refractivity (Wildman–Crippen MR) is 60.9 cm³/mol. The maximum absolute atomic E-state index is 11.9. The van der Waals surface area contributed by atoms with E-state index in [4.69, 9.17) is 4.74 Å². The van der Waals surface area contributed by atoms with Gasteiger partial charge in [0.25, 0.3) is 0 Å². The normalized spacial score (nSPS) is 30.7. The molecule has 0 aromatic carbocycles. The van der Waals surface area contributed by atoms with E-state index in [1.165, 1.54) is 0 Å². The second-order valence-electron chi connectivity index (χ2n) is 4.13. The van der Waals surface area contributed by atoms with Crippen LogP contribution in [0.3, 0.4) is 0 Å². The van der Waals surface area contributed by atoms with Crippen molar-refractivity contribution in [1.29, 1.82) is 0 Å². The van der Waals surface area contributed by atoms with Crippen LogP contribution >= 0.6 is 11.8 Å². The molecule has 4 nitrogen and oxygen atoms in total. The Hall–Kier alpha value is -0.260. The van der Waals surface area contributed by atoms with Crippen molar-refractivity contribution in [2.75, 3.05) is 31.8 Å². The maximum Gasteiger partial charge on any atom is 0.240 e. The highest BCUT2D eigenvalue weighted by molar-refractivity contribution is 7.99. The van der Waals surface area contributed by atoms with Crippen molar-refractivity contribution in [3.8, 4) is 0 Å². The minimum Gasteiger partial charge on any atom is -0.376 e. The molecule has 0 radical (unpaired) electrons. The first-order valence-electron chi connectivity index (χ1n) is 5.45. The molecule has 1 amide bonds. The number of thioether (sulfide) groups is 1. The summed E-state index contributed by atoms with van der Waals surface area (Å²) in [6.07, 6.45) is 2.47. The monoisotopic (exact) mass is 230 g/mol. The molecule has 0 spiro atoms. The van der Waals surface area contributed by atoms with Crippen molar-refractivity contribution < 1.29 is 9.53 Å². The van der Waals surface area contributed by atoms with Gasteiger partial charge in [-0.25, -0.2) is 0 Å². The van der Waals surface area contributed by atoms with Gasteiger partial charge in [0.05, 0.1) is 12.1 Å². The molecule has 0 bridgehead atoms. The van der Waals surface area contributed by atoms with Gasteiger partial charge in [0.2, 0.25) is 5.91 Å². The van der Waals surface area contributed by atoms with E-state index < -0.39 is 0 Å². The van der Waals surface area contributed by atoms with Gasteiger partial charge in [0.1, 0.15) is 0 Å². The molecule has 2 atom stereocenters. The molecule has 0 aliphatic carbocycles. The molecule has 2 aliphatic heterocycles. The summed E-state index contributed by atoms with van der Waals surface area (Å²) in [6.45, 7) is 1.59. The van der Waals surface area contributed by atoms with Crippen molar-refractivity contribution in [1.82, 2.24) is 10.2 Å². The molecule has 5 heteroatoms. The summed E-state index contributed by atoms with van der Waals surface area (Å²) in [7, 11) is 1.87. The van der Waals surface area contributed by atoms with Gasteiger partial charge in [0.15, 0.2) is 0 Å². The van der Waals surface area contributed by atoms with Gasteiger partial charge in [-0.2, -0.15) is 0 Å². The summed E-state index contributed by atoms with van der Waals surface area (Å²) in [4.78, 5) is 13.7. The number of nitrogens with one attached hydrogen (secondary N) is 1. The quantitative estimate of drug-likeness (QED) is 0.756. The van der Waals surface area contributed by atoms with E-state index in [-0.39, 0.29) is 18.1 Å². The molecule has 2 fully saturated rings. The van der Waals surface area contributed by atoms with Gasteiger partial charge in [-0.05, 0) is 12.8 Å². The van der Waals surface area contributed by atoms with Crippen LogP contribution < -0.4 is 5.32 Å². The SMILES string of the molecule is CN(CC1CCCO1)C(=O)C1CSCN1. The number of amides is 1. The van der Waals surface area contributed by atoms with Gasteiger partial charge in [0, 0.05) is 31.8 Å². The van der Waals surface area contributed by atoms with Crippen molar-refractivity contribution in [2.24, 2.45) is 0 Å². The Morgan fingerprint density at radius 1 is 1.67 bits per heavy atom. The molecule has 0 aromatic heterocycles. The van der Waals surface area contributed by atoms with Gasteiger partial charge >= 0.3 is 0 Å². The average molecular weight is 230 g/mol. The van der Waals surface area contributed by atoms with Crippen LogP contribution in [0.5, 0.6) is 0 Å². The molecule has 0 aromatic rings. The van der Waals surface area contributed by atoms with Crippen molar-refractivity contribution in [3.63, 3.8) is 0 Å². The number of likely N-dealkylation sites (N-methyl/N-ethyl adjacent to an activating group) is 1. The zero-order valence-electron chi connectivity index (χ0n) is 9.07. The number of rotatable bonds is 3. The molecule has 1 N–H and O–H groups in total. The molecule has 2 aliphatic rings. The molecule has 2 rings (SSSR count). The fourth-order valence-corrected chi connectivity index (χ4v) is 2.94. The van der Waals surface area contributed by atoms with E-state index in [2.05, 4.69) is 5.32 Å². The van der Waals surface area contributed by atoms with E-state index in [9.17, 15) is 4.79 Å². The van der Waals surface area contributed by atoms with Crippen LogP contribution in [0.15, 0.2) is 0 Å². The minimum absolute atomic E-state index is 0.0152. The second-order valence-corrected chi connectivity index (χ2v) is 5.16. The Balaban J connectivity index is 1.78. The minimum atomic E-state index is 0.0152. The predicted octanol–water partition coefficient (Wildman–Crippen LogP) is 0.286. The van der Waals surface area contributed by atoms with Gasteiger partial charge in [-0.1, -0.05) is 0 Å². The van der Waals surface area contributed by atoms with Crippen LogP contribution in [-0.2, 0) is 9.53 Å². The maximum atomic E-state index is 11.9. The third kappa shape index (κ3) is 2.86. The van der Waals surface area contributed by atoms with Crippen molar-refractivity contribution in [2.45, 2.75) is 25.0 Å². The van der Waals surface area contributed by atoms with Crippen molar-refractivity contribution >= 4 is 17.7 Å². The highest BCUT2D eigenvalue weighted by Gasteiger charge is 2.27. The highest BCUT2D eigenvalue weighted by Crippen LogP contribution is 2.15. The van der Waals surface area contributed by atoms with Crippen molar-refractivity contribution in [3.05, 3.63) is 0 Å². The number of hydrogen-bond acceptors (Lipinski definition) is 4. The zero-order valence-corrected chi connectivity index (χ0v) is 9.89. The number of hydrogen-bond donors (Lipinski definition) is 1. The Kier molecular flexibility index (Phi) is 3.88. The van der Waals surface area contributed by atoms with Crippen LogP contribution in [0.1, 0.15) is 12.8 Å². The van der Waals surface area contributed by atoms with Gasteiger partial charge in [-0.3, -0.25) is 10.1 Å². The lowest BCUT2D eigenvalue weighted by Crippen LogP contribution is -2.45. The lowest BCUT2D eigenvalue weighted by molar-refractivity contribution is -0.132. The van der Waals surface area contributed by atoms with Gasteiger partial charge in [-0.15, -0.1) is 11.8 Å². The van der Waals surface area contributed by atoms with E-state index in [1.807, 2.05) is 7.05 Å². The zero-order chi connectivity index (χ0) is 10.7. The summed E-state index contributed by atoms with van der Waals surface area (Å²) in [5.74, 6) is 1.99. The average Bonchev–Trinajstić information content (AvgIpc) is 2.88. The fraction of sp³-hybridized carbons (Fsp3) is 0.900. The number of carbonyl (C=O) groups is 1. The van der Waals surface area contributed by atoms with Crippen LogP contribution in [0.4, 0.5) is 0 Å². The third-order valence-corrected chi connectivity index (χ3v) is 3.83. The van der Waals surface area contributed by atoms with E-state index in [0.717, 1.165) is 37.6 Å². The molecular formula is C10H18N2O2S. The Morgan fingerprint density at radius 2 is 2.53 bits per heavy atom. The Labute approximate surface area is 94.7 Å². The summed E-state index contributed by atoms with van der Waals surface area (Å²) in [6, 6.07) is 0.0152. The molecule has 2 heterocycles. The number of ether oxygens (including phenoxy) is 1. The number of nitrogens with zero attached hydrogens (tertiary/aromatic N) is 1. The molecule has 0 saturated carbocycles. The standard InChI is InChI=1S/C10H18N2O2S/c1-12(5-8-3-2-4-14-8)10(13)9-6-15-7-11-9/h8-9,11H,2-7H2,1H3. The first-order valence-corrected chi connectivity index (χ1v) is 6.60. The lowest BCUT2D eigenvalue weighted by Gasteiger charge is -2.23. The first-order chi connectivity index (χ1) is 7.27. The van der Waals surface area contributed by atoms with Crippen LogP contribution in [0.25, 0.3) is 0 Å². The van der Waals surface area contributed by atoms with Crippen LogP contribution in [0, 0.1) is 0 Å². The first kappa shape index (κ1) is 11.2. The fourth-order valence-electron chi connectivity index (χ4n) is 2.00. The Bertz CT molecular complexity index is 225. The van der Waals surface area contributed by atoms with Gasteiger partial charge < -0.3 is 9.64 Å². The summed E-state index contributed by atoms with van der Waals surface area (Å²) in [5.41, 5.74) is 0. The third-order valence-electron chi connectivity index (χ3n) is 2.89. The molecule has 2 saturated heterocycles. The topological polar surface area (TPSA) is 41.6 Å². The smallest absolute Gasteiger partial charge is 0.240 e. The molecular weight excluding hydrogens is 212 g/mol. The molecule has 15 heavy (non-hydrogen) atoms. The largest absolute Gasteiger partial charge is 0.376 e. The van der Waals surface area contributed by atoms with E-state index in [0.29, 0.717) is 0 Å². The van der Waals surface area contributed by atoms with E-state index >= 15 is 0 Å². The van der Waals surface area contributed by atoms with Crippen LogP contribution in [-0.4, -0.2) is 54.8 Å². The number of carbonyl (C=O) groups excluding carboxylic acids is 1. The van der Waals surface area contributed by atoms with E-state index in [1.54, 1.807) is 16.7 Å². The summed E-state index contributed by atoms with van der Waals surface area (Å²) < 4.78 is 5.52. The molecule has 86 valence electrons.